The van der Waals surface area contributed by atoms with Crippen LogP contribution in [0.1, 0.15) is 16.2 Å². The highest BCUT2D eigenvalue weighted by atomic mass is 16.5. The number of hydrogen-bond acceptors (Lipinski definition) is 5. The van der Waals surface area contributed by atoms with E-state index in [1.807, 2.05) is 23.6 Å². The lowest BCUT2D eigenvalue weighted by Crippen LogP contribution is -2.30. The minimum absolute atomic E-state index is 0.249. The number of aromatic nitrogens is 1. The molecule has 1 aromatic heterocycles. The van der Waals surface area contributed by atoms with Gasteiger partial charge in [-0.05, 0) is 24.3 Å². The number of hydrazine groups is 1. The van der Waals surface area contributed by atoms with Crippen molar-refractivity contribution in [3.8, 4) is 11.5 Å². The van der Waals surface area contributed by atoms with Gasteiger partial charge in [0, 0.05) is 6.07 Å². The van der Waals surface area contributed by atoms with Crippen molar-refractivity contribution >= 4 is 5.91 Å². The van der Waals surface area contributed by atoms with Crippen LogP contribution in [0.15, 0.2) is 42.5 Å². The van der Waals surface area contributed by atoms with Gasteiger partial charge in [-0.3, -0.25) is 10.2 Å². The van der Waals surface area contributed by atoms with Crippen LogP contribution in [0.3, 0.4) is 0 Å². The quantitative estimate of drug-likeness (QED) is 0.487. The average Bonchev–Trinajstić information content (AvgIpc) is 2.52. The second kappa shape index (κ2) is 6.53. The van der Waals surface area contributed by atoms with Gasteiger partial charge in [0.2, 0.25) is 0 Å². The van der Waals surface area contributed by atoms with E-state index >= 15 is 0 Å². The summed E-state index contributed by atoms with van der Waals surface area (Å²) >= 11 is 0. The number of benzene rings is 1. The summed E-state index contributed by atoms with van der Waals surface area (Å²) in [5, 5.41) is 0. The van der Waals surface area contributed by atoms with Crippen molar-refractivity contribution in [3.05, 3.63) is 53.9 Å². The van der Waals surface area contributed by atoms with Crippen LogP contribution in [0, 0.1) is 0 Å². The Hall–Kier alpha value is -2.60. The number of pyridine rings is 1. The van der Waals surface area contributed by atoms with Crippen LogP contribution in [0.25, 0.3) is 0 Å². The molecule has 1 heterocycles. The molecular weight excluding hydrogens is 258 g/mol. The number of carbonyl (C=O) groups is 1. The van der Waals surface area contributed by atoms with Gasteiger partial charge < -0.3 is 9.47 Å². The van der Waals surface area contributed by atoms with E-state index in [2.05, 4.69) is 4.98 Å². The zero-order valence-electron chi connectivity index (χ0n) is 11.0. The Kier molecular flexibility index (Phi) is 4.52. The molecule has 0 aliphatic rings. The number of nitrogen functional groups attached to an aromatic ring is 1. The third kappa shape index (κ3) is 3.46. The predicted octanol–water partition coefficient (Wildman–Crippen LogP) is 1.27. The summed E-state index contributed by atoms with van der Waals surface area (Å²) in [6.07, 6.45) is 0. The fraction of sp³-hybridized carbons (Fsp3) is 0.143. The van der Waals surface area contributed by atoms with Crippen molar-refractivity contribution in [3.63, 3.8) is 0 Å². The van der Waals surface area contributed by atoms with Gasteiger partial charge in [-0.2, -0.15) is 0 Å². The number of amides is 1. The predicted molar refractivity (Wildman–Crippen MR) is 73.2 cm³/mol. The summed E-state index contributed by atoms with van der Waals surface area (Å²) in [6, 6.07) is 12.3. The molecule has 2 rings (SSSR count). The smallest absolute Gasteiger partial charge is 0.283 e. The van der Waals surface area contributed by atoms with Crippen LogP contribution in [-0.2, 0) is 6.61 Å². The molecule has 0 aliphatic heterocycles. The zero-order chi connectivity index (χ0) is 14.4. The Morgan fingerprint density at radius 2 is 2.00 bits per heavy atom. The Morgan fingerprint density at radius 3 is 2.75 bits per heavy atom. The summed E-state index contributed by atoms with van der Waals surface area (Å²) in [5.41, 5.74) is 2.92. The second-order valence-corrected chi connectivity index (χ2v) is 3.96. The number of hydrogen-bond donors (Lipinski definition) is 2. The minimum atomic E-state index is -0.437. The second-order valence-electron chi connectivity index (χ2n) is 3.96. The summed E-state index contributed by atoms with van der Waals surface area (Å²) < 4.78 is 10.7. The number of ether oxygens (including phenoxy) is 2. The first kappa shape index (κ1) is 13.8. The summed E-state index contributed by atoms with van der Waals surface area (Å²) in [4.78, 5) is 15.5. The molecule has 0 radical (unpaired) electrons. The van der Waals surface area contributed by atoms with Crippen molar-refractivity contribution < 1.29 is 14.3 Å². The maximum Gasteiger partial charge on any atom is 0.283 e. The van der Waals surface area contributed by atoms with Crippen LogP contribution in [0.5, 0.6) is 11.5 Å². The first-order valence-corrected chi connectivity index (χ1v) is 5.96. The first-order chi connectivity index (χ1) is 9.72. The lowest BCUT2D eigenvalue weighted by atomic mass is 10.3. The van der Waals surface area contributed by atoms with Gasteiger partial charge in [-0.25, -0.2) is 10.8 Å². The fourth-order valence-electron chi connectivity index (χ4n) is 1.61. The van der Waals surface area contributed by atoms with Crippen LogP contribution < -0.4 is 20.7 Å². The molecule has 3 N–H and O–H groups in total. The van der Waals surface area contributed by atoms with Crippen LogP contribution >= 0.6 is 0 Å². The highest BCUT2D eigenvalue weighted by Crippen LogP contribution is 2.19. The van der Waals surface area contributed by atoms with Crippen molar-refractivity contribution in [2.45, 2.75) is 6.61 Å². The van der Waals surface area contributed by atoms with E-state index < -0.39 is 5.91 Å². The Morgan fingerprint density at radius 1 is 1.25 bits per heavy atom. The zero-order valence-corrected chi connectivity index (χ0v) is 11.0. The van der Waals surface area contributed by atoms with E-state index in [1.54, 1.807) is 31.4 Å². The van der Waals surface area contributed by atoms with Gasteiger partial charge in [-0.15, -0.1) is 0 Å². The molecule has 0 saturated carbocycles. The molecule has 6 nitrogen and oxygen atoms in total. The molecule has 0 aliphatic carbocycles. The van der Waals surface area contributed by atoms with Crippen molar-refractivity contribution in [2.75, 3.05) is 7.11 Å². The number of carbonyl (C=O) groups excluding carboxylic acids is 1. The molecule has 1 amide bonds. The lowest BCUT2D eigenvalue weighted by molar-refractivity contribution is 0.0948. The summed E-state index contributed by atoms with van der Waals surface area (Å²) in [5.74, 6) is 6.01. The largest absolute Gasteiger partial charge is 0.497 e. The van der Waals surface area contributed by atoms with Crippen molar-refractivity contribution in [1.82, 2.24) is 10.4 Å². The van der Waals surface area contributed by atoms with E-state index in [0.29, 0.717) is 17.2 Å². The highest BCUT2D eigenvalue weighted by Gasteiger charge is 2.06. The minimum Gasteiger partial charge on any atom is -0.497 e. The standard InChI is InChI=1S/C14H15N3O3/c1-19-11-5-3-6-12(8-11)20-9-10-4-2-7-13(16-10)14(18)17-15/h2-8H,9,15H2,1H3,(H,17,18). The normalized spacial score (nSPS) is 9.90. The van der Waals surface area contributed by atoms with Crippen molar-refractivity contribution in [2.24, 2.45) is 5.84 Å². The summed E-state index contributed by atoms with van der Waals surface area (Å²) in [7, 11) is 1.59. The molecule has 20 heavy (non-hydrogen) atoms. The van der Waals surface area contributed by atoms with Gasteiger partial charge in [0.05, 0.1) is 12.8 Å². The Bertz CT molecular complexity index is 602. The average molecular weight is 273 g/mol. The maximum atomic E-state index is 11.4. The molecule has 1 aromatic carbocycles. The number of methoxy groups -OCH3 is 1. The number of nitrogens with one attached hydrogen (secondary N) is 1. The molecule has 2 aromatic rings. The van der Waals surface area contributed by atoms with E-state index in [0.717, 1.165) is 0 Å². The van der Waals surface area contributed by atoms with Crippen molar-refractivity contribution in [1.29, 1.82) is 0 Å². The number of nitrogens with zero attached hydrogens (tertiary/aromatic N) is 1. The molecule has 0 bridgehead atoms. The Labute approximate surface area is 116 Å². The third-order valence-corrected chi connectivity index (χ3v) is 2.60. The number of nitrogens with two attached hydrogens (primary N) is 1. The molecule has 104 valence electrons. The van der Waals surface area contributed by atoms with Gasteiger partial charge in [0.25, 0.3) is 5.91 Å². The van der Waals surface area contributed by atoms with E-state index in [4.69, 9.17) is 15.3 Å². The van der Waals surface area contributed by atoms with Gasteiger partial charge in [-0.1, -0.05) is 12.1 Å². The topological polar surface area (TPSA) is 86.5 Å². The molecular formula is C14H15N3O3. The van der Waals surface area contributed by atoms with Gasteiger partial charge in [0.1, 0.15) is 23.8 Å². The third-order valence-electron chi connectivity index (χ3n) is 2.60. The van der Waals surface area contributed by atoms with E-state index in [9.17, 15) is 4.79 Å². The van der Waals surface area contributed by atoms with Crippen LogP contribution in [0.2, 0.25) is 0 Å². The molecule has 0 fully saturated rings. The maximum absolute atomic E-state index is 11.4. The molecule has 0 saturated heterocycles. The van der Waals surface area contributed by atoms with Gasteiger partial charge >= 0.3 is 0 Å². The Balaban J connectivity index is 2.05. The van der Waals surface area contributed by atoms with Crippen LogP contribution in [-0.4, -0.2) is 18.0 Å². The lowest BCUT2D eigenvalue weighted by Gasteiger charge is -2.08. The highest BCUT2D eigenvalue weighted by molar-refractivity contribution is 5.91. The van der Waals surface area contributed by atoms with E-state index in [1.165, 1.54) is 0 Å². The molecule has 6 heteroatoms. The monoisotopic (exact) mass is 273 g/mol. The van der Waals surface area contributed by atoms with Crippen LogP contribution in [0.4, 0.5) is 0 Å². The molecule has 0 spiro atoms. The first-order valence-electron chi connectivity index (χ1n) is 5.96. The summed E-state index contributed by atoms with van der Waals surface area (Å²) in [6.45, 7) is 0.249. The SMILES string of the molecule is COc1cccc(OCc2cccc(C(=O)NN)n2)c1. The number of rotatable bonds is 5. The van der Waals surface area contributed by atoms with E-state index in [-0.39, 0.29) is 12.3 Å². The molecule has 0 unspecified atom stereocenters. The van der Waals surface area contributed by atoms with Gasteiger partial charge in [0.15, 0.2) is 0 Å². The molecule has 0 atom stereocenters. The fourth-order valence-corrected chi connectivity index (χ4v) is 1.61.